The molecule has 4 aliphatic heterocycles. The Morgan fingerprint density at radius 2 is 1.01 bits per heavy atom. The largest absolute Gasteiger partial charge is 0.432 e. The van der Waals surface area contributed by atoms with Crippen LogP contribution in [0.3, 0.4) is 0 Å². The van der Waals surface area contributed by atoms with E-state index in [0.717, 1.165) is 5.57 Å². The molecule has 29 atom stereocenters. The van der Waals surface area contributed by atoms with Gasteiger partial charge in [0.25, 0.3) is 0 Å². The second-order valence-corrected chi connectivity index (χ2v) is 26.4. The third-order valence-corrected chi connectivity index (χ3v) is 21.5. The highest BCUT2D eigenvalue weighted by Gasteiger charge is 2.72. The van der Waals surface area contributed by atoms with E-state index in [1.807, 2.05) is 0 Å². The number of esters is 1. The highest BCUT2D eigenvalue weighted by atomic mass is 16.8. The van der Waals surface area contributed by atoms with Crippen LogP contribution in [0, 0.1) is 50.2 Å². The average molecular weight is 1120 g/mol. The van der Waals surface area contributed by atoms with Gasteiger partial charge in [0.15, 0.2) is 18.9 Å². The maximum Gasteiger partial charge on any atom is 0.317 e. The molecule has 9 aliphatic rings. The molecule has 24 nitrogen and oxygen atoms in total. The molecule has 0 amide bonds. The maximum absolute atomic E-state index is 14.8. The zero-order valence-electron chi connectivity index (χ0n) is 45.6. The fourth-order valence-corrected chi connectivity index (χ4v) is 16.6. The molecule has 0 bridgehead atoms. The lowest BCUT2D eigenvalue weighted by atomic mass is 9.33. The van der Waals surface area contributed by atoms with Gasteiger partial charge in [0.2, 0.25) is 6.29 Å². The number of aliphatic hydroxyl groups excluding tert-OH is 15. The van der Waals surface area contributed by atoms with Crippen LogP contribution in [-0.2, 0) is 42.7 Å². The van der Waals surface area contributed by atoms with E-state index in [1.54, 1.807) is 0 Å². The topological polar surface area (TPSA) is 394 Å². The number of hydrogen-bond donors (Lipinski definition) is 15. The van der Waals surface area contributed by atoms with Crippen LogP contribution >= 0.6 is 0 Å². The number of aliphatic hydroxyl groups is 15. The molecule has 78 heavy (non-hydrogen) atoms. The van der Waals surface area contributed by atoms with Crippen LogP contribution in [0.15, 0.2) is 11.6 Å². The Balaban J connectivity index is 1.01. The molecular weight excluding hydrogens is 1030 g/mol. The van der Waals surface area contributed by atoms with Crippen molar-refractivity contribution < 1.29 is 119 Å². The van der Waals surface area contributed by atoms with Gasteiger partial charge < -0.3 is 114 Å². The summed E-state index contributed by atoms with van der Waals surface area (Å²) in [5.74, 6) is -1.22. The fraction of sp³-hybridized carbons (Fsp3) is 0.944. The van der Waals surface area contributed by atoms with Gasteiger partial charge in [0, 0.05) is 0 Å². The van der Waals surface area contributed by atoms with Crippen molar-refractivity contribution in [3.05, 3.63) is 11.6 Å². The number of ether oxygens (including phenoxy) is 8. The van der Waals surface area contributed by atoms with Gasteiger partial charge in [0.1, 0.15) is 103 Å². The minimum absolute atomic E-state index is 0.0242. The smallest absolute Gasteiger partial charge is 0.317 e. The standard InChI is InChI=1S/C54H88O24/c1-49(2)14-15-54(48(70)78-46-41(69)38(66)34(62)26(20-57)73-46)23(16-49)22-8-9-29-51(5)12-11-31(50(3,4)28(51)10-13-52(29,6)53(22,7)17-30(54)59)75-47-43(77-45-40(68)37(65)33(61)25(19-56)72-45)42(35(63)27(21-58)74-47)76-44-39(67)36(64)32(60)24(18-55)71-44/h8,23-47,55-69H,9-21H2,1-7H3/t23-,24-,25-,26-,27-,28-,29-,30-,31-,32-,33-,34-,35-,36+,37+,38+,39-,40-,41-,42+,43-,44+,45+,46+,47+,51-,52-,53-,54-/m1/s1. The number of allylic oxidation sites excluding steroid dienone is 2. The van der Waals surface area contributed by atoms with Gasteiger partial charge >= 0.3 is 5.97 Å². The van der Waals surface area contributed by atoms with Crippen LogP contribution in [0.1, 0.15) is 106 Å². The van der Waals surface area contributed by atoms with Crippen molar-refractivity contribution in [2.24, 2.45) is 50.2 Å². The summed E-state index contributed by atoms with van der Waals surface area (Å²) in [6, 6.07) is 0. The molecule has 9 rings (SSSR count). The first-order valence-corrected chi connectivity index (χ1v) is 27.9. The van der Waals surface area contributed by atoms with Crippen molar-refractivity contribution in [1.29, 1.82) is 0 Å². The van der Waals surface area contributed by atoms with E-state index in [1.165, 1.54) is 0 Å². The molecule has 24 heteroatoms. The van der Waals surface area contributed by atoms with Crippen molar-refractivity contribution in [1.82, 2.24) is 0 Å². The highest BCUT2D eigenvalue weighted by Crippen LogP contribution is 2.76. The minimum atomic E-state index is -1.95. The third-order valence-electron chi connectivity index (χ3n) is 21.5. The van der Waals surface area contributed by atoms with Crippen LogP contribution in [0.25, 0.3) is 0 Å². The number of carbonyl (C=O) groups is 1. The molecule has 0 radical (unpaired) electrons. The van der Waals surface area contributed by atoms with Crippen LogP contribution < -0.4 is 0 Å². The van der Waals surface area contributed by atoms with Gasteiger partial charge in [-0.1, -0.05) is 60.1 Å². The highest BCUT2D eigenvalue weighted by molar-refractivity contribution is 5.80. The van der Waals surface area contributed by atoms with E-state index in [2.05, 4.69) is 54.5 Å². The van der Waals surface area contributed by atoms with Gasteiger partial charge in [-0.25, -0.2) is 0 Å². The van der Waals surface area contributed by atoms with Crippen LogP contribution in [0.5, 0.6) is 0 Å². The van der Waals surface area contributed by atoms with E-state index in [0.29, 0.717) is 44.9 Å². The Hall–Kier alpha value is -1.67. The molecule has 4 saturated heterocycles. The van der Waals surface area contributed by atoms with Gasteiger partial charge in [0.05, 0.1) is 38.6 Å². The SMILES string of the molecule is CC1(C)CC[C@]2(C(=O)O[C@@H]3O[C@H](CO)[C@@H](O)[C@H](O)[C@H]3O)[C@H](O)C[C@]3(C)C(=CC[C@@H]4[C@]5(C)CC[C@@H](O[C@@H]6O[C@H](CO)[C@@H](O)[C@H](O[C@@H]7O[C@H](CO)[C@@H](O)[C@H](O)[C@H]7O)[C@H]6O[C@@H]6O[C@H](CO)[C@@H](O)[C@H](O)[C@H]6O)C(C)(C)[C@H]5CC[C@]43C)[C@H]2C1. The summed E-state index contributed by atoms with van der Waals surface area (Å²) < 4.78 is 48.7. The molecule has 4 saturated carbocycles. The number of carbonyl (C=O) groups excluding carboxylic acids is 1. The zero-order valence-corrected chi connectivity index (χ0v) is 45.6. The summed E-state index contributed by atoms with van der Waals surface area (Å²) in [5.41, 5.74) is -2.65. The Labute approximate surface area is 453 Å². The average Bonchev–Trinajstić information content (AvgIpc) is 3.48. The maximum atomic E-state index is 14.8. The molecule has 0 spiro atoms. The van der Waals surface area contributed by atoms with Gasteiger partial charge in [-0.3, -0.25) is 4.79 Å². The Kier molecular flexibility index (Phi) is 17.2. The monoisotopic (exact) mass is 1120 g/mol. The second-order valence-electron chi connectivity index (χ2n) is 26.4. The summed E-state index contributed by atoms with van der Waals surface area (Å²) in [6.45, 7) is 12.2. The van der Waals surface area contributed by atoms with Gasteiger partial charge in [-0.15, -0.1) is 0 Å². The van der Waals surface area contributed by atoms with E-state index in [9.17, 15) is 81.4 Å². The first kappa shape index (κ1) is 60.9. The summed E-state index contributed by atoms with van der Waals surface area (Å²) in [7, 11) is 0. The first-order chi connectivity index (χ1) is 36.5. The zero-order chi connectivity index (χ0) is 57.1. The summed E-state index contributed by atoms with van der Waals surface area (Å²) in [6.07, 6.45) is -29.0. The summed E-state index contributed by atoms with van der Waals surface area (Å²) >= 11 is 0. The van der Waals surface area contributed by atoms with Gasteiger partial charge in [-0.05, 0) is 103 Å². The number of fused-ring (bicyclic) bond motifs is 7. The lowest BCUT2D eigenvalue weighted by Gasteiger charge is -2.72. The number of rotatable bonds is 12. The molecule has 5 aliphatic carbocycles. The Morgan fingerprint density at radius 3 is 1.55 bits per heavy atom. The van der Waals surface area contributed by atoms with Crippen molar-refractivity contribution in [2.75, 3.05) is 26.4 Å². The van der Waals surface area contributed by atoms with Crippen molar-refractivity contribution in [3.63, 3.8) is 0 Å². The second kappa shape index (κ2) is 22.1. The molecule has 8 fully saturated rings. The molecule has 15 N–H and O–H groups in total. The van der Waals surface area contributed by atoms with E-state index in [4.69, 9.17) is 37.9 Å². The normalized spacial score (nSPS) is 53.9. The molecule has 448 valence electrons. The Bertz CT molecular complexity index is 2140. The summed E-state index contributed by atoms with van der Waals surface area (Å²) in [4.78, 5) is 14.8. The predicted octanol–water partition coefficient (Wildman–Crippen LogP) is -3.06. The van der Waals surface area contributed by atoms with Crippen LogP contribution in [-0.4, -0.2) is 244 Å². The molecule has 0 aromatic carbocycles. The number of hydrogen-bond acceptors (Lipinski definition) is 24. The summed E-state index contributed by atoms with van der Waals surface area (Å²) in [5, 5.41) is 162. The van der Waals surface area contributed by atoms with Crippen molar-refractivity contribution >= 4 is 5.97 Å². The van der Waals surface area contributed by atoms with Crippen LogP contribution in [0.2, 0.25) is 0 Å². The van der Waals surface area contributed by atoms with Crippen molar-refractivity contribution in [3.8, 4) is 0 Å². The van der Waals surface area contributed by atoms with E-state index in [-0.39, 0.29) is 35.5 Å². The van der Waals surface area contributed by atoms with Gasteiger partial charge in [-0.2, -0.15) is 0 Å². The fourth-order valence-electron chi connectivity index (χ4n) is 16.6. The van der Waals surface area contributed by atoms with E-state index >= 15 is 0 Å². The molecule has 0 aromatic rings. The molecule has 0 aromatic heterocycles. The molecule has 0 unspecified atom stereocenters. The first-order valence-electron chi connectivity index (χ1n) is 27.9. The third kappa shape index (κ3) is 9.67. The minimum Gasteiger partial charge on any atom is -0.432 e. The molecular formula is C54H88O24. The van der Waals surface area contributed by atoms with Crippen molar-refractivity contribution in [2.45, 2.75) is 241 Å². The lowest BCUT2D eigenvalue weighted by molar-refractivity contribution is -0.399. The quantitative estimate of drug-likeness (QED) is 0.0524. The van der Waals surface area contributed by atoms with E-state index < -0.39 is 195 Å². The van der Waals surface area contributed by atoms with Crippen LogP contribution in [0.4, 0.5) is 0 Å². The lowest BCUT2D eigenvalue weighted by Crippen LogP contribution is -2.69. The molecule has 4 heterocycles. The Morgan fingerprint density at radius 1 is 0.526 bits per heavy atom. The predicted molar refractivity (Wildman–Crippen MR) is 264 cm³/mol.